The summed E-state index contributed by atoms with van der Waals surface area (Å²) in [6.45, 7) is 4.55. The van der Waals surface area contributed by atoms with E-state index in [-0.39, 0.29) is 29.6 Å². The van der Waals surface area contributed by atoms with Gasteiger partial charge in [-0.2, -0.15) is 0 Å². The fourth-order valence-corrected chi connectivity index (χ4v) is 3.09. The minimum Gasteiger partial charge on any atom is -0.373 e. The molecule has 4 nitrogen and oxygen atoms in total. The fraction of sp³-hybridized carbons (Fsp3) is 0.421. The summed E-state index contributed by atoms with van der Waals surface area (Å²) in [5, 5.41) is 9.33. The maximum absolute atomic E-state index is 5.81. The highest BCUT2D eigenvalue weighted by atomic mass is 127. The summed E-state index contributed by atoms with van der Waals surface area (Å²) >= 11 is 0. The van der Waals surface area contributed by atoms with Gasteiger partial charge in [0.2, 0.25) is 0 Å². The van der Waals surface area contributed by atoms with Crippen molar-refractivity contribution in [2.45, 2.75) is 31.9 Å². The smallest absolute Gasteiger partial charge is 0.191 e. The standard InChI is InChI=1S/C19H25N3O.HI/c1-19(11-6-12-23-19)14-22-18(20-2)21-13-16-9-5-8-15-7-3-4-10-17(15)16;/h3-5,7-10H,6,11-14H2,1-2H3,(H2,20,21,22);1H. The van der Waals surface area contributed by atoms with Crippen molar-refractivity contribution in [1.82, 2.24) is 10.6 Å². The molecule has 3 rings (SSSR count). The lowest BCUT2D eigenvalue weighted by atomic mass is 10.0. The van der Waals surface area contributed by atoms with Crippen LogP contribution in [0.5, 0.6) is 0 Å². The molecular weight excluding hydrogens is 413 g/mol. The van der Waals surface area contributed by atoms with Crippen molar-refractivity contribution in [3.05, 3.63) is 48.0 Å². The molecule has 5 heteroatoms. The normalized spacial score (nSPS) is 20.7. The van der Waals surface area contributed by atoms with Crippen LogP contribution in [0.15, 0.2) is 47.5 Å². The molecule has 1 fully saturated rings. The SMILES string of the molecule is CN=C(NCc1cccc2ccccc12)NCC1(C)CCCO1.I. The van der Waals surface area contributed by atoms with Crippen LogP contribution in [-0.2, 0) is 11.3 Å². The molecule has 1 unspecified atom stereocenters. The maximum Gasteiger partial charge on any atom is 0.191 e. The molecule has 1 saturated heterocycles. The summed E-state index contributed by atoms with van der Waals surface area (Å²) in [7, 11) is 1.80. The molecule has 0 spiro atoms. The Morgan fingerprint density at radius 3 is 2.71 bits per heavy atom. The number of nitrogens with zero attached hydrogens (tertiary/aromatic N) is 1. The second-order valence-electron chi connectivity index (χ2n) is 6.32. The van der Waals surface area contributed by atoms with Crippen molar-refractivity contribution in [1.29, 1.82) is 0 Å². The summed E-state index contributed by atoms with van der Waals surface area (Å²) in [6, 6.07) is 14.9. The van der Waals surface area contributed by atoms with Crippen LogP contribution in [0.25, 0.3) is 10.8 Å². The third kappa shape index (κ3) is 4.60. The van der Waals surface area contributed by atoms with Gasteiger partial charge in [0, 0.05) is 26.7 Å². The molecule has 0 amide bonds. The van der Waals surface area contributed by atoms with Crippen LogP contribution >= 0.6 is 24.0 Å². The molecular formula is C19H26IN3O. The first kappa shape index (κ1) is 19.0. The van der Waals surface area contributed by atoms with E-state index in [4.69, 9.17) is 4.74 Å². The maximum atomic E-state index is 5.81. The number of aliphatic imine (C=N–C) groups is 1. The number of rotatable bonds is 4. The van der Waals surface area contributed by atoms with Crippen molar-refractivity contribution >= 4 is 40.7 Å². The van der Waals surface area contributed by atoms with E-state index >= 15 is 0 Å². The van der Waals surface area contributed by atoms with E-state index in [1.165, 1.54) is 16.3 Å². The Kier molecular flexibility index (Phi) is 6.86. The van der Waals surface area contributed by atoms with Gasteiger partial charge in [-0.15, -0.1) is 24.0 Å². The first-order valence-electron chi connectivity index (χ1n) is 8.25. The molecule has 1 aliphatic rings. The highest BCUT2D eigenvalue weighted by Crippen LogP contribution is 2.23. The Balaban J connectivity index is 0.00000208. The minimum atomic E-state index is -0.0724. The third-order valence-corrected chi connectivity index (χ3v) is 4.48. The number of guanidine groups is 1. The van der Waals surface area contributed by atoms with E-state index in [0.717, 1.165) is 38.5 Å². The Labute approximate surface area is 161 Å². The molecule has 0 saturated carbocycles. The Morgan fingerprint density at radius 2 is 1.96 bits per heavy atom. The van der Waals surface area contributed by atoms with E-state index in [1.54, 1.807) is 7.05 Å². The van der Waals surface area contributed by atoms with Gasteiger partial charge in [0.25, 0.3) is 0 Å². The quantitative estimate of drug-likeness (QED) is 0.434. The number of nitrogens with one attached hydrogen (secondary N) is 2. The van der Waals surface area contributed by atoms with Crippen molar-refractivity contribution in [2.24, 2.45) is 4.99 Å². The van der Waals surface area contributed by atoms with Gasteiger partial charge in [0.15, 0.2) is 5.96 Å². The zero-order chi connectivity index (χ0) is 16.1. The topological polar surface area (TPSA) is 45.7 Å². The summed E-state index contributed by atoms with van der Waals surface area (Å²) in [4.78, 5) is 4.31. The zero-order valence-corrected chi connectivity index (χ0v) is 16.7. The summed E-state index contributed by atoms with van der Waals surface area (Å²) in [5.74, 6) is 0.814. The molecule has 2 N–H and O–H groups in total. The highest BCUT2D eigenvalue weighted by molar-refractivity contribution is 14.0. The van der Waals surface area contributed by atoms with Gasteiger partial charge in [-0.1, -0.05) is 42.5 Å². The van der Waals surface area contributed by atoms with Crippen molar-refractivity contribution in [3.63, 3.8) is 0 Å². The van der Waals surface area contributed by atoms with Gasteiger partial charge < -0.3 is 15.4 Å². The van der Waals surface area contributed by atoms with Crippen LogP contribution in [0.2, 0.25) is 0 Å². The van der Waals surface area contributed by atoms with E-state index in [9.17, 15) is 0 Å². The predicted molar refractivity (Wildman–Crippen MR) is 111 cm³/mol. The second-order valence-corrected chi connectivity index (χ2v) is 6.32. The van der Waals surface area contributed by atoms with Crippen LogP contribution in [-0.4, -0.2) is 31.8 Å². The zero-order valence-electron chi connectivity index (χ0n) is 14.3. The van der Waals surface area contributed by atoms with E-state index < -0.39 is 0 Å². The number of halogens is 1. The lowest BCUT2D eigenvalue weighted by molar-refractivity contribution is 0.0243. The third-order valence-electron chi connectivity index (χ3n) is 4.48. The molecule has 2 aromatic carbocycles. The number of hydrogen-bond acceptors (Lipinski definition) is 2. The van der Waals surface area contributed by atoms with E-state index in [2.05, 4.69) is 65.0 Å². The van der Waals surface area contributed by atoms with E-state index in [1.807, 2.05) is 0 Å². The monoisotopic (exact) mass is 439 g/mol. The van der Waals surface area contributed by atoms with E-state index in [0.29, 0.717) is 0 Å². The largest absolute Gasteiger partial charge is 0.373 e. The van der Waals surface area contributed by atoms with Gasteiger partial charge in [0.05, 0.1) is 5.60 Å². The lowest BCUT2D eigenvalue weighted by Gasteiger charge is -2.24. The summed E-state index contributed by atoms with van der Waals surface area (Å²) in [6.07, 6.45) is 2.24. The first-order valence-corrected chi connectivity index (χ1v) is 8.25. The lowest BCUT2D eigenvalue weighted by Crippen LogP contribution is -2.45. The van der Waals surface area contributed by atoms with Crippen LogP contribution in [0, 0.1) is 0 Å². The Morgan fingerprint density at radius 1 is 1.17 bits per heavy atom. The van der Waals surface area contributed by atoms with Crippen LogP contribution in [0.3, 0.4) is 0 Å². The molecule has 1 aliphatic heterocycles. The molecule has 0 bridgehead atoms. The molecule has 2 aromatic rings. The summed E-state index contributed by atoms with van der Waals surface area (Å²) in [5.41, 5.74) is 1.20. The molecule has 0 aliphatic carbocycles. The highest BCUT2D eigenvalue weighted by Gasteiger charge is 2.29. The molecule has 1 atom stereocenters. The molecule has 0 aromatic heterocycles. The van der Waals surface area contributed by atoms with Gasteiger partial charge in [-0.25, -0.2) is 0 Å². The van der Waals surface area contributed by atoms with Crippen molar-refractivity contribution in [3.8, 4) is 0 Å². The van der Waals surface area contributed by atoms with Gasteiger partial charge in [0.1, 0.15) is 0 Å². The first-order chi connectivity index (χ1) is 11.2. The second kappa shape index (κ2) is 8.67. The number of fused-ring (bicyclic) bond motifs is 1. The fourth-order valence-electron chi connectivity index (χ4n) is 3.09. The van der Waals surface area contributed by atoms with Crippen molar-refractivity contribution < 1.29 is 4.74 Å². The molecule has 1 heterocycles. The Hall–Kier alpha value is -1.34. The van der Waals surface area contributed by atoms with Crippen LogP contribution < -0.4 is 10.6 Å². The number of benzene rings is 2. The average Bonchev–Trinajstić information content (AvgIpc) is 3.02. The predicted octanol–water partition coefficient (Wildman–Crippen LogP) is 3.69. The molecule has 24 heavy (non-hydrogen) atoms. The molecule has 130 valence electrons. The molecule has 0 radical (unpaired) electrons. The van der Waals surface area contributed by atoms with Crippen LogP contribution in [0.1, 0.15) is 25.3 Å². The van der Waals surface area contributed by atoms with Gasteiger partial charge in [-0.05, 0) is 36.1 Å². The minimum absolute atomic E-state index is 0. The number of hydrogen-bond donors (Lipinski definition) is 2. The average molecular weight is 439 g/mol. The van der Waals surface area contributed by atoms with Gasteiger partial charge in [-0.3, -0.25) is 4.99 Å². The van der Waals surface area contributed by atoms with Crippen LogP contribution in [0.4, 0.5) is 0 Å². The Bertz CT molecular complexity index is 691. The van der Waals surface area contributed by atoms with Crippen molar-refractivity contribution in [2.75, 3.05) is 20.2 Å². The number of ether oxygens (including phenoxy) is 1. The van der Waals surface area contributed by atoms with Gasteiger partial charge >= 0.3 is 0 Å². The summed E-state index contributed by atoms with van der Waals surface area (Å²) < 4.78 is 5.81.